The van der Waals surface area contributed by atoms with E-state index in [9.17, 15) is 0 Å². The number of rotatable bonds is 3. The summed E-state index contributed by atoms with van der Waals surface area (Å²) < 4.78 is 0. The Kier molecular flexibility index (Phi) is 4.34. The molecule has 0 aliphatic carbocycles. The fourth-order valence-corrected chi connectivity index (χ4v) is 0.262. The molecule has 0 bridgehead atoms. The van der Waals surface area contributed by atoms with Crippen molar-refractivity contribution in [3.05, 3.63) is 0 Å². The maximum absolute atomic E-state index is 5.06. The van der Waals surface area contributed by atoms with Crippen LogP contribution in [0.15, 0.2) is 0 Å². The van der Waals surface area contributed by atoms with Gasteiger partial charge in [0.1, 0.15) is 6.21 Å². The van der Waals surface area contributed by atoms with E-state index in [-0.39, 0.29) is 0 Å². The van der Waals surface area contributed by atoms with Crippen LogP contribution in [0.25, 0.3) is 0 Å². The van der Waals surface area contributed by atoms with E-state index in [1.165, 1.54) is 0 Å². The van der Waals surface area contributed by atoms with E-state index in [1.54, 1.807) is 6.21 Å². The fraction of sp³-hybridized carbons (Fsp3) is 0.750. The lowest BCUT2D eigenvalue weighted by atomic mass is 10.3. The molecule has 0 aromatic heterocycles. The first kappa shape index (κ1) is 5.63. The molecule has 0 fully saturated rings. The van der Waals surface area contributed by atoms with E-state index < -0.39 is 0 Å². The van der Waals surface area contributed by atoms with Crippen LogP contribution in [0.4, 0.5) is 0 Å². The van der Waals surface area contributed by atoms with Crippen LogP contribution in [0.5, 0.6) is 0 Å². The lowest BCUT2D eigenvalue weighted by Crippen LogP contribution is -2.50. The normalized spacial score (nSPS) is 8.17. The van der Waals surface area contributed by atoms with Crippen molar-refractivity contribution in [2.45, 2.75) is 12.8 Å². The third kappa shape index (κ3) is 3.63. The molecule has 0 radical (unpaired) electrons. The zero-order chi connectivity index (χ0) is 4.83. The van der Waals surface area contributed by atoms with E-state index in [0.29, 0.717) is 0 Å². The van der Waals surface area contributed by atoms with E-state index in [4.69, 9.17) is 5.41 Å². The third-order valence-electron chi connectivity index (χ3n) is 0.621. The van der Waals surface area contributed by atoms with Crippen LogP contribution in [-0.2, 0) is 0 Å². The quantitative estimate of drug-likeness (QED) is 0.292. The maximum Gasteiger partial charge on any atom is 0.136 e. The van der Waals surface area contributed by atoms with Gasteiger partial charge in [-0.1, -0.05) is 0 Å². The molecule has 0 aliphatic heterocycles. The largest absolute Gasteiger partial charge is 0.358 e. The van der Waals surface area contributed by atoms with Crippen molar-refractivity contribution in [3.63, 3.8) is 0 Å². The predicted octanol–water partition coefficient (Wildman–Crippen LogP) is -2.16. The second-order valence-electron chi connectivity index (χ2n) is 1.23. The minimum atomic E-state index is 0.994. The number of quaternary nitrogens is 1. The highest BCUT2D eigenvalue weighted by Gasteiger charge is 1.78. The van der Waals surface area contributed by atoms with Crippen LogP contribution in [0.3, 0.4) is 0 Å². The van der Waals surface area contributed by atoms with Gasteiger partial charge in [0.05, 0.1) is 6.54 Å². The number of hydrogen-bond donors (Lipinski definition) is 2. The first-order valence-electron chi connectivity index (χ1n) is 2.24. The molecule has 0 amide bonds. The predicted molar refractivity (Wildman–Crippen MR) is 25.0 cm³/mol. The van der Waals surface area contributed by atoms with Crippen molar-refractivity contribution in [2.75, 3.05) is 6.54 Å². The van der Waals surface area contributed by atoms with E-state index in [0.717, 1.165) is 19.4 Å². The zero-order valence-corrected chi connectivity index (χ0v) is 3.98. The van der Waals surface area contributed by atoms with Gasteiger partial charge in [-0.25, -0.2) is 0 Å². The minimum Gasteiger partial charge on any atom is -0.358 e. The average Bonchev–Trinajstić information content (AvgIpc) is 1.61. The summed E-state index contributed by atoms with van der Waals surface area (Å²) in [6.07, 6.45) is 3.80. The highest BCUT2D eigenvalue weighted by molar-refractivity contribution is 5.48. The maximum atomic E-state index is 5.06. The lowest BCUT2D eigenvalue weighted by molar-refractivity contribution is -0.368. The van der Waals surface area contributed by atoms with Gasteiger partial charge in [-0.05, 0) is 0 Å². The zero-order valence-electron chi connectivity index (χ0n) is 3.98. The van der Waals surface area contributed by atoms with Crippen LogP contribution in [0.2, 0.25) is 0 Å². The average molecular weight is 88.2 g/mol. The fourth-order valence-electron chi connectivity index (χ4n) is 0.262. The van der Waals surface area contributed by atoms with Crippen LogP contribution in [0, 0.1) is 0 Å². The second-order valence-corrected chi connectivity index (χ2v) is 1.23. The van der Waals surface area contributed by atoms with Crippen LogP contribution >= 0.6 is 0 Å². The molecule has 0 spiro atoms. The summed E-state index contributed by atoms with van der Waals surface area (Å²) in [7, 11) is 0. The Morgan fingerprint density at radius 2 is 2.33 bits per heavy atom. The topological polar surface area (TPSA) is 53.2 Å². The molecule has 0 saturated heterocycles. The van der Waals surface area contributed by atoms with Crippen LogP contribution in [0.1, 0.15) is 12.8 Å². The third-order valence-corrected chi connectivity index (χ3v) is 0.621. The van der Waals surface area contributed by atoms with Gasteiger partial charge in [-0.15, -0.1) is 0 Å². The summed E-state index contributed by atoms with van der Waals surface area (Å²) in [5.74, 6) is 0. The molecule has 36 valence electrons. The Balaban J connectivity index is 2.49. The smallest absolute Gasteiger partial charge is 0.136 e. The summed E-state index contributed by atoms with van der Waals surface area (Å²) in [6, 6.07) is 0. The SMILES string of the molecule is [NH2+]=CCCC[NH3+]. The van der Waals surface area contributed by atoms with Gasteiger partial charge in [-0.3, -0.25) is 5.41 Å². The first-order valence-corrected chi connectivity index (χ1v) is 2.24. The van der Waals surface area contributed by atoms with Gasteiger partial charge in [0.2, 0.25) is 0 Å². The molecule has 5 N–H and O–H groups in total. The standard InChI is InChI=1S/C4H10N2/c5-3-1-2-4-6/h3,5H,1-2,4,6H2/p+2. The molecule has 0 heterocycles. The highest BCUT2D eigenvalue weighted by Crippen LogP contribution is 1.72. The van der Waals surface area contributed by atoms with E-state index in [1.807, 2.05) is 0 Å². The van der Waals surface area contributed by atoms with Crippen molar-refractivity contribution in [1.82, 2.24) is 0 Å². The Bertz CT molecular complexity index is 34.5. The van der Waals surface area contributed by atoms with Crippen molar-refractivity contribution < 1.29 is 11.1 Å². The monoisotopic (exact) mass is 88.1 g/mol. The van der Waals surface area contributed by atoms with Gasteiger partial charge in [0.15, 0.2) is 0 Å². The molecule has 0 atom stereocenters. The molecule has 0 aromatic carbocycles. The van der Waals surface area contributed by atoms with Crippen molar-refractivity contribution in [2.24, 2.45) is 0 Å². The second kappa shape index (κ2) is 4.63. The summed E-state index contributed by atoms with van der Waals surface area (Å²) >= 11 is 0. The Hall–Kier alpha value is -0.370. The molecule has 0 rings (SSSR count). The summed E-state index contributed by atoms with van der Waals surface area (Å²) in [4.78, 5) is 0. The van der Waals surface area contributed by atoms with Gasteiger partial charge in [0.25, 0.3) is 0 Å². The number of unbranched alkanes of at least 4 members (excludes halogenated alkanes) is 1. The molecule has 2 heteroatoms. The van der Waals surface area contributed by atoms with Crippen molar-refractivity contribution in [1.29, 1.82) is 0 Å². The molecule has 0 aromatic rings. The molecular formula is C4H12N2+2. The Labute approximate surface area is 37.9 Å². The van der Waals surface area contributed by atoms with Crippen LogP contribution < -0.4 is 11.1 Å². The number of hydrogen-bond acceptors (Lipinski definition) is 0. The molecule has 6 heavy (non-hydrogen) atoms. The Morgan fingerprint density at radius 1 is 1.67 bits per heavy atom. The summed E-state index contributed by atoms with van der Waals surface area (Å²) in [5, 5.41) is 5.06. The molecule has 0 saturated carbocycles. The number of nitrogens with two attached hydrogens (primary N) is 1. The van der Waals surface area contributed by atoms with Crippen LogP contribution in [-0.4, -0.2) is 12.8 Å². The molecule has 2 nitrogen and oxygen atoms in total. The molecule has 0 aliphatic rings. The van der Waals surface area contributed by atoms with E-state index >= 15 is 0 Å². The lowest BCUT2D eigenvalue weighted by Gasteiger charge is -1.76. The van der Waals surface area contributed by atoms with Gasteiger partial charge in [0, 0.05) is 12.8 Å². The highest BCUT2D eigenvalue weighted by atomic mass is 14.5. The van der Waals surface area contributed by atoms with Crippen molar-refractivity contribution in [3.8, 4) is 0 Å². The van der Waals surface area contributed by atoms with Crippen molar-refractivity contribution >= 4 is 6.21 Å². The Morgan fingerprint density at radius 3 is 2.50 bits per heavy atom. The summed E-state index contributed by atoms with van der Waals surface area (Å²) in [6.45, 7) is 0.994. The first-order chi connectivity index (χ1) is 2.91. The van der Waals surface area contributed by atoms with Gasteiger partial charge >= 0.3 is 0 Å². The molecular weight excluding hydrogens is 76.1 g/mol. The van der Waals surface area contributed by atoms with Gasteiger partial charge < -0.3 is 5.73 Å². The van der Waals surface area contributed by atoms with E-state index in [2.05, 4.69) is 5.73 Å². The van der Waals surface area contributed by atoms with Gasteiger partial charge in [-0.2, -0.15) is 0 Å². The summed E-state index contributed by atoms with van der Waals surface area (Å²) in [5.41, 5.74) is 3.65. The minimum absolute atomic E-state index is 0.994. The molecule has 0 unspecified atom stereocenters.